The molecule has 2 heterocycles. The summed E-state index contributed by atoms with van der Waals surface area (Å²) in [6.45, 7) is 0.0379. The monoisotopic (exact) mass is 482 g/mol. The summed E-state index contributed by atoms with van der Waals surface area (Å²) in [4.78, 5) is 9.41. The highest BCUT2D eigenvalue weighted by Gasteiger charge is 2.40. The third-order valence-electron chi connectivity index (χ3n) is 5.35. The number of hydrogen-bond acceptors (Lipinski definition) is 7. The lowest BCUT2D eigenvalue weighted by molar-refractivity contribution is -0.140. The Hall–Kier alpha value is -3.12. The fourth-order valence-electron chi connectivity index (χ4n) is 3.67. The third-order valence-corrected chi connectivity index (χ3v) is 7.25. The number of halogens is 3. The molecule has 0 aliphatic carbocycles. The molecule has 0 saturated carbocycles. The van der Waals surface area contributed by atoms with Gasteiger partial charge in [0.05, 0.1) is 30.1 Å². The van der Waals surface area contributed by atoms with Gasteiger partial charge in [0.2, 0.25) is 10.0 Å². The second kappa shape index (κ2) is 8.67. The minimum atomic E-state index is -4.70. The molecule has 3 aromatic rings. The number of fused-ring (bicyclic) bond motifs is 1. The maximum Gasteiger partial charge on any atom is 0.437 e. The van der Waals surface area contributed by atoms with Gasteiger partial charge in [0.1, 0.15) is 0 Å². The molecule has 176 valence electrons. The molecule has 0 spiro atoms. The van der Waals surface area contributed by atoms with E-state index < -0.39 is 21.9 Å². The summed E-state index contributed by atoms with van der Waals surface area (Å²) in [7, 11) is -1.05. The highest BCUT2D eigenvalue weighted by Crippen LogP contribution is 2.36. The van der Waals surface area contributed by atoms with E-state index in [2.05, 4.69) is 9.97 Å². The summed E-state index contributed by atoms with van der Waals surface area (Å²) in [5.41, 5.74) is -0.610. The van der Waals surface area contributed by atoms with E-state index in [4.69, 9.17) is 9.47 Å². The van der Waals surface area contributed by atoms with Gasteiger partial charge in [-0.25, -0.2) is 18.4 Å². The van der Waals surface area contributed by atoms with Crippen molar-refractivity contribution in [3.63, 3.8) is 0 Å². The summed E-state index contributed by atoms with van der Waals surface area (Å²) >= 11 is 0. The molecule has 0 radical (unpaired) electrons. The summed E-state index contributed by atoms with van der Waals surface area (Å²) in [6.07, 6.45) is -4.70. The predicted molar refractivity (Wildman–Crippen MR) is 115 cm³/mol. The predicted octanol–water partition coefficient (Wildman–Crippen LogP) is 3.18. The average Bonchev–Trinajstić information content (AvgIpc) is 2.82. The summed E-state index contributed by atoms with van der Waals surface area (Å²) in [5.74, 6) is 0.346. The normalized spacial score (nSPS) is 15.6. The van der Waals surface area contributed by atoms with Crippen molar-refractivity contribution >= 4 is 26.9 Å². The largest absolute Gasteiger partial charge is 0.493 e. The van der Waals surface area contributed by atoms with Crippen molar-refractivity contribution in [2.75, 3.05) is 45.3 Å². The maximum absolute atomic E-state index is 13.7. The Balaban J connectivity index is 1.60. The Kier molecular flexibility index (Phi) is 6.06. The van der Waals surface area contributed by atoms with Gasteiger partial charge in [-0.3, -0.25) is 0 Å². The van der Waals surface area contributed by atoms with Crippen LogP contribution in [-0.2, 0) is 16.2 Å². The van der Waals surface area contributed by atoms with Gasteiger partial charge < -0.3 is 14.4 Å². The molecule has 0 N–H and O–H groups in total. The molecule has 0 atom stereocenters. The van der Waals surface area contributed by atoms with Crippen LogP contribution in [0, 0.1) is 0 Å². The van der Waals surface area contributed by atoms with E-state index >= 15 is 0 Å². The lowest BCUT2D eigenvalue weighted by atomic mass is 10.2. The highest BCUT2D eigenvalue weighted by molar-refractivity contribution is 7.89. The zero-order chi connectivity index (χ0) is 23.8. The molecule has 1 fully saturated rings. The first-order valence-corrected chi connectivity index (χ1v) is 11.4. The van der Waals surface area contributed by atoms with Crippen LogP contribution >= 0.6 is 0 Å². The first kappa shape index (κ1) is 23.1. The Morgan fingerprint density at radius 3 is 2.06 bits per heavy atom. The number of anilines is 1. The molecule has 2 aromatic carbocycles. The summed E-state index contributed by atoms with van der Waals surface area (Å²) in [5, 5.41) is 0. The SMILES string of the molecule is COc1ccc(S(=O)(=O)N2CCN(c3nc4ccccc4nc3C(F)(F)F)CC2)cc1OC. The topological polar surface area (TPSA) is 84.9 Å². The van der Waals surface area contributed by atoms with Crippen molar-refractivity contribution in [1.29, 1.82) is 0 Å². The van der Waals surface area contributed by atoms with Crippen molar-refractivity contribution < 1.29 is 31.1 Å². The third kappa shape index (κ3) is 4.40. The molecule has 1 saturated heterocycles. The zero-order valence-electron chi connectivity index (χ0n) is 17.8. The zero-order valence-corrected chi connectivity index (χ0v) is 18.7. The van der Waals surface area contributed by atoms with E-state index in [0.29, 0.717) is 11.3 Å². The number of methoxy groups -OCH3 is 2. The van der Waals surface area contributed by atoms with Crippen molar-refractivity contribution in [2.45, 2.75) is 11.1 Å². The highest BCUT2D eigenvalue weighted by atomic mass is 32.2. The van der Waals surface area contributed by atoms with Crippen molar-refractivity contribution in [3.05, 3.63) is 48.2 Å². The quantitative estimate of drug-likeness (QED) is 0.552. The van der Waals surface area contributed by atoms with Crippen LogP contribution < -0.4 is 14.4 Å². The fraction of sp³-hybridized carbons (Fsp3) is 0.333. The molecule has 0 bridgehead atoms. The number of rotatable bonds is 5. The van der Waals surface area contributed by atoms with Crippen molar-refractivity contribution in [2.24, 2.45) is 0 Å². The number of piperazine rings is 1. The molecule has 4 rings (SSSR count). The summed E-state index contributed by atoms with van der Waals surface area (Å²) in [6, 6.07) is 10.6. The number of alkyl halides is 3. The lowest BCUT2D eigenvalue weighted by Crippen LogP contribution is -2.49. The van der Waals surface area contributed by atoms with Crippen molar-refractivity contribution in [1.82, 2.24) is 14.3 Å². The molecule has 12 heteroatoms. The van der Waals surface area contributed by atoms with Gasteiger partial charge in [-0.05, 0) is 24.3 Å². The van der Waals surface area contributed by atoms with E-state index in [1.807, 2.05) is 0 Å². The second-order valence-electron chi connectivity index (χ2n) is 7.29. The molecule has 0 amide bonds. The van der Waals surface area contributed by atoms with E-state index in [-0.39, 0.29) is 48.2 Å². The number of ether oxygens (including phenoxy) is 2. The van der Waals surface area contributed by atoms with Crippen LogP contribution in [0.5, 0.6) is 11.5 Å². The van der Waals surface area contributed by atoms with Crippen LogP contribution in [0.1, 0.15) is 5.69 Å². The van der Waals surface area contributed by atoms with E-state index in [0.717, 1.165) is 0 Å². The van der Waals surface area contributed by atoms with Gasteiger partial charge in [-0.2, -0.15) is 17.5 Å². The minimum absolute atomic E-state index is 0.00933. The number of nitrogens with zero attached hydrogens (tertiary/aromatic N) is 4. The lowest BCUT2D eigenvalue weighted by Gasteiger charge is -2.35. The number of para-hydroxylation sites is 2. The first-order valence-electron chi connectivity index (χ1n) is 9.96. The average molecular weight is 482 g/mol. The first-order chi connectivity index (χ1) is 15.6. The molecule has 8 nitrogen and oxygen atoms in total. The van der Waals surface area contributed by atoms with Gasteiger partial charge in [0.25, 0.3) is 0 Å². The Labute approximate surface area is 188 Å². The molecule has 0 unspecified atom stereocenters. The van der Waals surface area contributed by atoms with E-state index in [9.17, 15) is 21.6 Å². The van der Waals surface area contributed by atoms with Gasteiger partial charge in [-0.1, -0.05) is 12.1 Å². The molecule has 33 heavy (non-hydrogen) atoms. The van der Waals surface area contributed by atoms with Crippen LogP contribution in [0.15, 0.2) is 47.4 Å². The molecular formula is C21H21F3N4O4S. The van der Waals surface area contributed by atoms with Gasteiger partial charge in [0, 0.05) is 32.2 Å². The molecule has 1 aliphatic rings. The minimum Gasteiger partial charge on any atom is -0.493 e. The van der Waals surface area contributed by atoms with Crippen LogP contribution in [0.25, 0.3) is 11.0 Å². The Morgan fingerprint density at radius 1 is 0.879 bits per heavy atom. The van der Waals surface area contributed by atoms with Crippen molar-refractivity contribution in [3.8, 4) is 11.5 Å². The molecule has 1 aliphatic heterocycles. The Bertz CT molecular complexity index is 1280. The number of benzene rings is 2. The number of hydrogen-bond donors (Lipinski definition) is 0. The molecule has 1 aromatic heterocycles. The van der Waals surface area contributed by atoms with E-state index in [1.165, 1.54) is 47.7 Å². The van der Waals surface area contributed by atoms with Gasteiger partial charge in [0.15, 0.2) is 23.0 Å². The van der Waals surface area contributed by atoms with Crippen LogP contribution in [0.2, 0.25) is 0 Å². The summed E-state index contributed by atoms with van der Waals surface area (Å²) < 4.78 is 78.8. The smallest absolute Gasteiger partial charge is 0.437 e. The van der Waals surface area contributed by atoms with E-state index in [1.54, 1.807) is 18.2 Å². The standard InChI is InChI=1S/C21H21F3N4O4S/c1-31-17-8-7-14(13-18(17)32-2)33(29,30)28-11-9-27(10-12-28)20-19(21(22,23)24)25-15-5-3-4-6-16(15)26-20/h3-8,13H,9-12H2,1-2H3. The Morgan fingerprint density at radius 2 is 1.48 bits per heavy atom. The van der Waals surface area contributed by atoms with Gasteiger partial charge in [-0.15, -0.1) is 0 Å². The van der Waals surface area contributed by atoms with Crippen LogP contribution in [0.3, 0.4) is 0 Å². The maximum atomic E-state index is 13.7. The van der Waals surface area contributed by atoms with Crippen LogP contribution in [0.4, 0.5) is 19.0 Å². The number of aromatic nitrogens is 2. The van der Waals surface area contributed by atoms with Gasteiger partial charge >= 0.3 is 6.18 Å². The second-order valence-corrected chi connectivity index (χ2v) is 9.23. The van der Waals surface area contributed by atoms with Crippen LogP contribution in [-0.4, -0.2) is 63.1 Å². The molecular weight excluding hydrogens is 461 g/mol. The fourth-order valence-corrected chi connectivity index (χ4v) is 5.11. The number of sulfonamides is 1.